The van der Waals surface area contributed by atoms with Crippen LogP contribution in [0.1, 0.15) is 5.56 Å². The van der Waals surface area contributed by atoms with Crippen LogP contribution in [0.15, 0.2) is 47.4 Å². The Kier molecular flexibility index (Phi) is 5.34. The van der Waals surface area contributed by atoms with Crippen LogP contribution in [0.25, 0.3) is 10.2 Å². The molecule has 6 nitrogen and oxygen atoms in total. The summed E-state index contributed by atoms with van der Waals surface area (Å²) < 4.78 is 33.9. The average Bonchev–Trinajstić information content (AvgIpc) is 3.03. The minimum atomic E-state index is -3.69. The molecule has 1 fully saturated rings. The van der Waals surface area contributed by atoms with Gasteiger partial charge in [0.1, 0.15) is 0 Å². The predicted molar refractivity (Wildman–Crippen MR) is 108 cm³/mol. The fourth-order valence-electron chi connectivity index (χ4n) is 2.92. The zero-order valence-electron chi connectivity index (χ0n) is 14.4. The number of morpholine rings is 1. The van der Waals surface area contributed by atoms with Gasteiger partial charge in [0.05, 0.1) is 28.3 Å². The standard InChI is InChI=1S/C18H18ClN3O3S2/c19-14-2-4-15(5-3-14)27(23,24)21-18-20-16-6-1-13(11-17(16)26-18)12-22-7-9-25-10-8-22/h1-6,11H,7-10,12H2,(H,20,21). The van der Waals surface area contributed by atoms with Gasteiger partial charge in [-0.1, -0.05) is 29.0 Å². The van der Waals surface area contributed by atoms with E-state index in [0.29, 0.717) is 10.2 Å². The summed E-state index contributed by atoms with van der Waals surface area (Å²) in [5.74, 6) is 0. The highest BCUT2D eigenvalue weighted by molar-refractivity contribution is 7.93. The van der Waals surface area contributed by atoms with Gasteiger partial charge in [-0.15, -0.1) is 0 Å². The molecule has 1 N–H and O–H groups in total. The van der Waals surface area contributed by atoms with Crippen molar-refractivity contribution in [2.24, 2.45) is 0 Å². The topological polar surface area (TPSA) is 71.5 Å². The van der Waals surface area contributed by atoms with Crippen molar-refractivity contribution in [3.63, 3.8) is 0 Å². The summed E-state index contributed by atoms with van der Waals surface area (Å²) in [6.07, 6.45) is 0. The van der Waals surface area contributed by atoms with Crippen LogP contribution in [0.3, 0.4) is 0 Å². The first-order valence-electron chi connectivity index (χ1n) is 8.48. The molecule has 4 rings (SSSR count). The molecule has 0 amide bonds. The first-order valence-corrected chi connectivity index (χ1v) is 11.2. The van der Waals surface area contributed by atoms with Gasteiger partial charge in [0.15, 0.2) is 5.13 Å². The van der Waals surface area contributed by atoms with Crippen molar-refractivity contribution in [3.8, 4) is 0 Å². The Morgan fingerprint density at radius 2 is 1.89 bits per heavy atom. The van der Waals surface area contributed by atoms with E-state index >= 15 is 0 Å². The van der Waals surface area contributed by atoms with Gasteiger partial charge in [-0.3, -0.25) is 9.62 Å². The molecule has 1 aromatic heterocycles. The Morgan fingerprint density at radius 3 is 2.63 bits per heavy atom. The summed E-state index contributed by atoms with van der Waals surface area (Å²) in [6, 6.07) is 12.1. The molecule has 27 heavy (non-hydrogen) atoms. The number of sulfonamides is 1. The molecule has 1 aliphatic heterocycles. The summed E-state index contributed by atoms with van der Waals surface area (Å²) >= 11 is 7.15. The molecule has 142 valence electrons. The second-order valence-corrected chi connectivity index (χ2v) is 9.42. The van der Waals surface area contributed by atoms with Crippen LogP contribution in [-0.2, 0) is 21.3 Å². The van der Waals surface area contributed by atoms with Gasteiger partial charge in [-0.25, -0.2) is 13.4 Å². The zero-order valence-corrected chi connectivity index (χ0v) is 16.8. The van der Waals surface area contributed by atoms with Crippen molar-refractivity contribution in [2.45, 2.75) is 11.4 Å². The van der Waals surface area contributed by atoms with Crippen molar-refractivity contribution < 1.29 is 13.2 Å². The third-order valence-electron chi connectivity index (χ3n) is 4.31. The number of halogens is 1. The number of fused-ring (bicyclic) bond motifs is 1. The number of anilines is 1. The molecule has 0 atom stereocenters. The number of hydrogen-bond acceptors (Lipinski definition) is 6. The van der Waals surface area contributed by atoms with Crippen LogP contribution in [0.4, 0.5) is 5.13 Å². The Morgan fingerprint density at radius 1 is 1.15 bits per heavy atom. The van der Waals surface area contributed by atoms with Gasteiger partial charge < -0.3 is 4.74 Å². The summed E-state index contributed by atoms with van der Waals surface area (Å²) in [6.45, 7) is 4.22. The molecule has 9 heteroatoms. The molecule has 0 spiro atoms. The van der Waals surface area contributed by atoms with Gasteiger partial charge in [0, 0.05) is 24.7 Å². The van der Waals surface area contributed by atoms with E-state index in [4.69, 9.17) is 16.3 Å². The number of benzene rings is 2. The van der Waals surface area contributed by atoms with Crippen molar-refractivity contribution >= 4 is 48.3 Å². The monoisotopic (exact) mass is 423 g/mol. The van der Waals surface area contributed by atoms with Crippen molar-refractivity contribution in [1.82, 2.24) is 9.88 Å². The van der Waals surface area contributed by atoms with Crippen molar-refractivity contribution in [2.75, 3.05) is 31.0 Å². The van der Waals surface area contributed by atoms with Crippen molar-refractivity contribution in [3.05, 3.63) is 53.1 Å². The van der Waals surface area contributed by atoms with E-state index < -0.39 is 10.0 Å². The van der Waals surface area contributed by atoms with E-state index in [-0.39, 0.29) is 4.90 Å². The molecule has 0 bridgehead atoms. The number of thiazole rings is 1. The molecule has 1 aliphatic rings. The van der Waals surface area contributed by atoms with Crippen LogP contribution in [0, 0.1) is 0 Å². The molecular weight excluding hydrogens is 406 g/mol. The number of ether oxygens (including phenoxy) is 1. The molecule has 0 unspecified atom stereocenters. The number of rotatable bonds is 5. The van der Waals surface area contributed by atoms with E-state index in [1.807, 2.05) is 12.1 Å². The van der Waals surface area contributed by atoms with E-state index in [2.05, 4.69) is 20.7 Å². The fourth-order valence-corrected chi connectivity index (χ4v) is 5.21. The van der Waals surface area contributed by atoms with Gasteiger partial charge in [0.25, 0.3) is 10.0 Å². The van der Waals surface area contributed by atoms with Gasteiger partial charge in [-0.05, 0) is 42.0 Å². The van der Waals surface area contributed by atoms with E-state index in [1.54, 1.807) is 12.1 Å². The summed E-state index contributed by atoms with van der Waals surface area (Å²) in [4.78, 5) is 6.89. The minimum absolute atomic E-state index is 0.152. The quantitative estimate of drug-likeness (QED) is 0.679. The maximum absolute atomic E-state index is 12.5. The van der Waals surface area contributed by atoms with Gasteiger partial charge >= 0.3 is 0 Å². The first-order chi connectivity index (χ1) is 13.0. The van der Waals surface area contributed by atoms with Crippen LogP contribution in [0.2, 0.25) is 5.02 Å². The smallest absolute Gasteiger partial charge is 0.263 e. The highest BCUT2D eigenvalue weighted by Gasteiger charge is 2.17. The third kappa shape index (κ3) is 4.41. The highest BCUT2D eigenvalue weighted by Crippen LogP contribution is 2.29. The largest absolute Gasteiger partial charge is 0.379 e. The Bertz CT molecular complexity index is 1050. The molecule has 2 aromatic carbocycles. The lowest BCUT2D eigenvalue weighted by Gasteiger charge is -2.26. The first kappa shape index (κ1) is 18.6. The van der Waals surface area contributed by atoms with Crippen LogP contribution in [0.5, 0.6) is 0 Å². The number of nitrogens with one attached hydrogen (secondary N) is 1. The van der Waals surface area contributed by atoms with E-state index in [0.717, 1.165) is 43.1 Å². The number of hydrogen-bond donors (Lipinski definition) is 1. The van der Waals surface area contributed by atoms with Gasteiger partial charge in [0.2, 0.25) is 0 Å². The third-order valence-corrected chi connectivity index (χ3v) is 6.98. The molecule has 0 saturated carbocycles. The molecular formula is C18H18ClN3O3S2. The Labute approximate surface area is 166 Å². The molecule has 0 aliphatic carbocycles. The fraction of sp³-hybridized carbons (Fsp3) is 0.278. The summed E-state index contributed by atoms with van der Waals surface area (Å²) in [5, 5.41) is 0.838. The highest BCUT2D eigenvalue weighted by atomic mass is 35.5. The summed E-state index contributed by atoms with van der Waals surface area (Å²) in [7, 11) is -3.69. The summed E-state index contributed by atoms with van der Waals surface area (Å²) in [5.41, 5.74) is 1.96. The SMILES string of the molecule is O=S(=O)(Nc1nc2ccc(CN3CCOCC3)cc2s1)c1ccc(Cl)cc1. The van der Waals surface area contributed by atoms with E-state index in [1.165, 1.54) is 29.0 Å². The Hall–Kier alpha value is -1.71. The van der Waals surface area contributed by atoms with E-state index in [9.17, 15) is 8.42 Å². The predicted octanol–water partition coefficient (Wildman–Crippen LogP) is 3.58. The van der Waals surface area contributed by atoms with Crippen LogP contribution in [-0.4, -0.2) is 44.6 Å². The number of nitrogens with zero attached hydrogens (tertiary/aromatic N) is 2. The maximum atomic E-state index is 12.5. The molecule has 0 radical (unpaired) electrons. The number of aromatic nitrogens is 1. The zero-order chi connectivity index (χ0) is 18.9. The van der Waals surface area contributed by atoms with Crippen LogP contribution < -0.4 is 4.72 Å². The van der Waals surface area contributed by atoms with Crippen molar-refractivity contribution in [1.29, 1.82) is 0 Å². The molecule has 2 heterocycles. The Balaban J connectivity index is 1.53. The van der Waals surface area contributed by atoms with Crippen LogP contribution >= 0.6 is 22.9 Å². The lowest BCUT2D eigenvalue weighted by atomic mass is 10.2. The minimum Gasteiger partial charge on any atom is -0.379 e. The normalized spacial score (nSPS) is 15.9. The second-order valence-electron chi connectivity index (χ2n) is 6.27. The lowest BCUT2D eigenvalue weighted by Crippen LogP contribution is -2.35. The van der Waals surface area contributed by atoms with Gasteiger partial charge in [-0.2, -0.15) is 0 Å². The second kappa shape index (κ2) is 7.73. The molecule has 3 aromatic rings. The average molecular weight is 424 g/mol. The maximum Gasteiger partial charge on any atom is 0.263 e. The lowest BCUT2D eigenvalue weighted by molar-refractivity contribution is 0.0342. The molecule has 1 saturated heterocycles.